The van der Waals surface area contributed by atoms with Crippen LogP contribution in [0.1, 0.15) is 15.2 Å². The van der Waals surface area contributed by atoms with Gasteiger partial charge in [0.15, 0.2) is 0 Å². The van der Waals surface area contributed by atoms with Gasteiger partial charge in [-0.1, -0.05) is 26.5 Å². The summed E-state index contributed by atoms with van der Waals surface area (Å²) >= 11 is 4.59. The van der Waals surface area contributed by atoms with Gasteiger partial charge >= 0.3 is 0 Å². The summed E-state index contributed by atoms with van der Waals surface area (Å²) in [5.41, 5.74) is 0. The molecule has 0 saturated heterocycles. The molecular formula is C3H7S. The lowest BCUT2D eigenvalue weighted by Crippen LogP contribution is -1.71. The third kappa shape index (κ3) is 35.0. The molecule has 4 heavy (non-hydrogen) atoms. The smallest absolute Gasteiger partial charge is 0.0242 e. The second-order valence-electron chi connectivity index (χ2n) is 0.811. The van der Waals surface area contributed by atoms with Crippen molar-refractivity contribution in [3.8, 4) is 0 Å². The first-order valence-electron chi connectivity index (χ1n) is 1.93. The van der Waals surface area contributed by atoms with Gasteiger partial charge in [0.05, 0.1) is 0 Å². The van der Waals surface area contributed by atoms with Crippen LogP contribution < -0.4 is 0 Å². The summed E-state index contributed by atoms with van der Waals surface area (Å²) in [6, 6.07) is 0. The van der Waals surface area contributed by atoms with E-state index in [0.717, 1.165) is 0 Å². The molecule has 0 rings (SSSR count). The lowest BCUT2D eigenvalue weighted by Gasteiger charge is -1.76. The average Bonchev–Trinajstić information content (AvgIpc) is 1.38. The Morgan fingerprint density at radius 1 is 2.25 bits per heavy atom. The van der Waals surface area contributed by atoms with Gasteiger partial charge in [0.2, 0.25) is 0 Å². The van der Waals surface area contributed by atoms with Crippen LogP contribution in [-0.2, 0) is 0 Å². The lowest BCUT2D eigenvalue weighted by atomic mass is 10.6. The van der Waals surface area contributed by atoms with Crippen LogP contribution in [0.15, 0.2) is 0 Å². The Kier molecular flexibility index (Phi) is 1.06. The maximum atomic E-state index is 6.55. The fourth-order valence-corrected chi connectivity index (χ4v) is 0. The Labute approximate surface area is 34.0 Å². The predicted molar refractivity (Wildman–Crippen MR) is 22.7 cm³/mol. The van der Waals surface area contributed by atoms with Crippen molar-refractivity contribution in [3.63, 3.8) is 0 Å². The zero-order valence-corrected chi connectivity index (χ0v) is 3.51. The Hall–Kier alpha value is 0.350. The van der Waals surface area contributed by atoms with Gasteiger partial charge in [-0.25, -0.2) is 0 Å². The van der Waals surface area contributed by atoms with Crippen molar-refractivity contribution in [1.29, 1.82) is 0 Å². The first kappa shape index (κ1) is 2.58. The molecule has 1 atom stereocenters. The van der Waals surface area contributed by atoms with Crippen LogP contribution in [0.3, 0.4) is 0 Å². The summed E-state index contributed by atoms with van der Waals surface area (Å²) in [7, 11) is 0. The summed E-state index contributed by atoms with van der Waals surface area (Å²) in [5.74, 6) is 0. The van der Waals surface area contributed by atoms with Gasteiger partial charge in [0, 0.05) is 6.62 Å². The normalized spacial score (nSPS) is 19.0. The van der Waals surface area contributed by atoms with Crippen LogP contribution in [0.5, 0.6) is 0 Å². The van der Waals surface area contributed by atoms with Gasteiger partial charge in [-0.2, -0.15) is 0 Å². The summed E-state index contributed by atoms with van der Waals surface area (Å²) in [5, 5.41) is 0.134. The van der Waals surface area contributed by atoms with E-state index in [1.54, 1.807) is 0 Å². The van der Waals surface area contributed by atoms with Crippen molar-refractivity contribution >= 4 is 12.6 Å². The first-order valence-corrected chi connectivity index (χ1v) is 1.69. The molecular weight excluding hydrogens is 68.1 g/mol. The Morgan fingerprint density at radius 2 is 2.50 bits per heavy atom. The van der Waals surface area contributed by atoms with Crippen LogP contribution >= 0.6 is 12.6 Å². The minimum Gasteiger partial charge on any atom is -0.0910 e. The van der Waals surface area contributed by atoms with Crippen molar-refractivity contribution in [2.45, 2.75) is 19.1 Å². The largest absolute Gasteiger partial charge is 0.0910 e. The molecule has 0 aromatic heterocycles. The highest BCUT2D eigenvalue weighted by molar-refractivity contribution is 7.80. The summed E-state index contributed by atoms with van der Waals surface area (Å²) < 4.78 is 6.55. The Balaban J connectivity index is 2.54. The standard InChI is InChI=1S/C3H7S/c1-3(2)4/h3H,1-2H3/i1D. The van der Waals surface area contributed by atoms with E-state index in [0.29, 0.717) is 6.90 Å². The molecule has 1 heteroatoms. The summed E-state index contributed by atoms with van der Waals surface area (Å²) in [4.78, 5) is 0. The van der Waals surface area contributed by atoms with Gasteiger partial charge in [0.1, 0.15) is 0 Å². The van der Waals surface area contributed by atoms with Crippen molar-refractivity contribution in [2.75, 3.05) is 0 Å². The predicted octanol–water partition coefficient (Wildman–Crippen LogP) is 1.59. The third-order valence-corrected chi connectivity index (χ3v) is 0. The van der Waals surface area contributed by atoms with E-state index in [9.17, 15) is 0 Å². The molecule has 0 aliphatic carbocycles. The first-order chi connectivity index (χ1) is 2.27. The maximum Gasteiger partial charge on any atom is 0.0242 e. The van der Waals surface area contributed by atoms with E-state index in [4.69, 9.17) is 1.37 Å². The van der Waals surface area contributed by atoms with E-state index in [2.05, 4.69) is 12.6 Å². The van der Waals surface area contributed by atoms with Gasteiger partial charge in [-0.05, 0) is 0 Å². The summed E-state index contributed by atoms with van der Waals surface area (Å²) in [6.07, 6.45) is 0. The number of rotatable bonds is 0. The molecule has 0 aromatic carbocycles. The zero-order chi connectivity index (χ0) is 4.28. The van der Waals surface area contributed by atoms with Crippen LogP contribution in [0.25, 0.3) is 0 Å². The highest BCUT2D eigenvalue weighted by Gasteiger charge is 1.71. The lowest BCUT2D eigenvalue weighted by molar-refractivity contribution is 1.13. The van der Waals surface area contributed by atoms with Crippen molar-refractivity contribution in [3.05, 3.63) is 0 Å². The maximum absolute atomic E-state index is 6.55. The highest BCUT2D eigenvalue weighted by atomic mass is 32.1. The molecule has 0 nitrogen and oxygen atoms in total. The molecule has 0 heterocycles. The fourth-order valence-electron chi connectivity index (χ4n) is 0. The van der Waals surface area contributed by atoms with E-state index in [-0.39, 0.29) is 5.25 Å². The Morgan fingerprint density at radius 3 is 2.50 bits per heavy atom. The van der Waals surface area contributed by atoms with Crippen molar-refractivity contribution in [1.82, 2.24) is 0 Å². The quantitative estimate of drug-likeness (QED) is 0.411. The van der Waals surface area contributed by atoms with E-state index in [1.807, 2.05) is 6.92 Å². The topological polar surface area (TPSA) is 0 Å². The molecule has 0 aromatic rings. The molecule has 0 saturated carbocycles. The van der Waals surface area contributed by atoms with Gasteiger partial charge in [0.25, 0.3) is 0 Å². The molecule has 25 valence electrons. The minimum atomic E-state index is 0.134. The molecule has 0 bridgehead atoms. The van der Waals surface area contributed by atoms with Gasteiger partial charge < -0.3 is 0 Å². The molecule has 0 aliphatic heterocycles. The molecule has 0 aliphatic rings. The van der Waals surface area contributed by atoms with E-state index >= 15 is 0 Å². The van der Waals surface area contributed by atoms with Gasteiger partial charge in [-0.15, -0.1) is 0 Å². The van der Waals surface area contributed by atoms with E-state index in [1.165, 1.54) is 0 Å². The third-order valence-electron chi connectivity index (χ3n) is 0. The van der Waals surface area contributed by atoms with Crippen LogP contribution in [0.2, 0.25) is 0 Å². The average molecular weight is 76.2 g/mol. The highest BCUT2D eigenvalue weighted by Crippen LogP contribution is 1.83. The molecule has 0 spiro atoms. The van der Waals surface area contributed by atoms with Gasteiger partial charge in [-0.3, -0.25) is 0 Å². The van der Waals surface area contributed by atoms with Crippen molar-refractivity contribution in [2.24, 2.45) is 0 Å². The zero-order valence-electron chi connectivity index (χ0n) is 3.69. The molecule has 1 unspecified atom stereocenters. The minimum absolute atomic E-state index is 0.134. The van der Waals surface area contributed by atoms with E-state index < -0.39 is 0 Å². The van der Waals surface area contributed by atoms with Crippen LogP contribution in [0, 0.1) is 0 Å². The molecule has 0 fully saturated rings. The monoisotopic (exact) mass is 76.0 g/mol. The number of hydrogen-bond acceptors (Lipinski definition) is 0. The molecule has 0 amide bonds. The van der Waals surface area contributed by atoms with Crippen LogP contribution in [0.4, 0.5) is 0 Å². The Bertz CT molecular complexity index is 20.9. The fraction of sp³-hybridized carbons (Fsp3) is 1.00. The molecule has 0 N–H and O–H groups in total. The number of hydrogen-bond donors (Lipinski definition) is 0. The SMILES string of the molecule is [2H]CC(C)[S]. The van der Waals surface area contributed by atoms with Crippen molar-refractivity contribution < 1.29 is 1.37 Å². The summed E-state index contributed by atoms with van der Waals surface area (Å²) in [6.45, 7) is 2.22. The van der Waals surface area contributed by atoms with Crippen LogP contribution in [-0.4, -0.2) is 5.25 Å². The second-order valence-corrected chi connectivity index (χ2v) is 1.62. The second kappa shape index (κ2) is 1.65. The molecule has 1 radical (unpaired) electrons.